The summed E-state index contributed by atoms with van der Waals surface area (Å²) in [5, 5.41) is 6.11. The molecule has 5 heteroatoms. The number of aromatic nitrogens is 4. The summed E-state index contributed by atoms with van der Waals surface area (Å²) in [4.78, 5) is 8.97. The SMILES string of the molecule is Clc1cccc(-c2nc3c4ccccc4ncn3n2)c1. The summed E-state index contributed by atoms with van der Waals surface area (Å²) >= 11 is 6.01. The van der Waals surface area contributed by atoms with Gasteiger partial charge in [0, 0.05) is 16.0 Å². The lowest BCUT2D eigenvalue weighted by Gasteiger charge is -1.96. The number of rotatable bonds is 1. The van der Waals surface area contributed by atoms with E-state index < -0.39 is 0 Å². The molecule has 0 bridgehead atoms. The minimum absolute atomic E-state index is 0.644. The molecule has 0 radical (unpaired) electrons. The molecule has 0 aliphatic rings. The summed E-state index contributed by atoms with van der Waals surface area (Å²) in [5.41, 5.74) is 2.60. The van der Waals surface area contributed by atoms with Crippen molar-refractivity contribution in [3.8, 4) is 11.4 Å². The molecule has 4 aromatic rings. The van der Waals surface area contributed by atoms with Gasteiger partial charge in [-0.3, -0.25) is 0 Å². The molecule has 0 saturated carbocycles. The Morgan fingerprint density at radius 1 is 1.00 bits per heavy atom. The van der Waals surface area contributed by atoms with Crippen LogP contribution in [0.2, 0.25) is 5.02 Å². The first-order chi connectivity index (χ1) is 9.81. The highest BCUT2D eigenvalue weighted by atomic mass is 35.5. The fraction of sp³-hybridized carbons (Fsp3) is 0. The Hall–Kier alpha value is -2.46. The quantitative estimate of drug-likeness (QED) is 0.535. The molecule has 2 aromatic carbocycles. The first kappa shape index (κ1) is 11.4. The number of para-hydroxylation sites is 1. The van der Waals surface area contributed by atoms with Crippen LogP contribution in [0.1, 0.15) is 0 Å². The lowest BCUT2D eigenvalue weighted by Crippen LogP contribution is -1.90. The standard InChI is InChI=1S/C15H9ClN4/c16-11-5-3-4-10(8-11)14-18-15-12-6-1-2-7-13(12)17-9-20(15)19-14/h1-9H. The second kappa shape index (κ2) is 4.28. The fourth-order valence-electron chi connectivity index (χ4n) is 2.23. The molecule has 0 amide bonds. The van der Waals surface area contributed by atoms with Crippen LogP contribution in [0.15, 0.2) is 54.9 Å². The summed E-state index contributed by atoms with van der Waals surface area (Å²) < 4.78 is 1.69. The van der Waals surface area contributed by atoms with Crippen molar-refractivity contribution >= 4 is 28.2 Å². The van der Waals surface area contributed by atoms with Gasteiger partial charge in [0.05, 0.1) is 5.52 Å². The zero-order chi connectivity index (χ0) is 13.5. The van der Waals surface area contributed by atoms with Gasteiger partial charge in [-0.05, 0) is 24.3 Å². The third-order valence-electron chi connectivity index (χ3n) is 3.17. The molecule has 0 N–H and O–H groups in total. The number of nitrogens with zero attached hydrogens (tertiary/aromatic N) is 4. The fourth-order valence-corrected chi connectivity index (χ4v) is 2.42. The molecule has 4 nitrogen and oxygen atoms in total. The van der Waals surface area contributed by atoms with Gasteiger partial charge >= 0.3 is 0 Å². The predicted molar refractivity (Wildman–Crippen MR) is 78.7 cm³/mol. The molecule has 4 rings (SSSR count). The van der Waals surface area contributed by atoms with Crippen molar-refractivity contribution in [3.05, 3.63) is 59.9 Å². The van der Waals surface area contributed by atoms with Crippen molar-refractivity contribution in [2.24, 2.45) is 0 Å². The van der Waals surface area contributed by atoms with Gasteiger partial charge in [0.15, 0.2) is 11.5 Å². The van der Waals surface area contributed by atoms with Gasteiger partial charge in [-0.25, -0.2) is 14.5 Å². The summed E-state index contributed by atoms with van der Waals surface area (Å²) in [7, 11) is 0. The molecular weight excluding hydrogens is 272 g/mol. The highest BCUT2D eigenvalue weighted by molar-refractivity contribution is 6.30. The van der Waals surface area contributed by atoms with Crippen molar-refractivity contribution in [2.45, 2.75) is 0 Å². The summed E-state index contributed by atoms with van der Waals surface area (Å²) in [6.45, 7) is 0. The van der Waals surface area contributed by atoms with Gasteiger partial charge in [0.25, 0.3) is 0 Å². The number of hydrogen-bond acceptors (Lipinski definition) is 3. The molecule has 2 heterocycles. The van der Waals surface area contributed by atoms with Crippen molar-refractivity contribution in [1.82, 2.24) is 19.6 Å². The predicted octanol–water partition coefficient (Wildman–Crippen LogP) is 3.60. The average molecular weight is 281 g/mol. The lowest BCUT2D eigenvalue weighted by molar-refractivity contribution is 0.938. The van der Waals surface area contributed by atoms with Crippen molar-refractivity contribution < 1.29 is 0 Å². The molecule has 0 atom stereocenters. The van der Waals surface area contributed by atoms with Crippen LogP contribution >= 0.6 is 11.6 Å². The third-order valence-corrected chi connectivity index (χ3v) is 3.40. The monoisotopic (exact) mass is 280 g/mol. The topological polar surface area (TPSA) is 43.1 Å². The molecule has 0 fully saturated rings. The first-order valence-electron chi connectivity index (χ1n) is 6.17. The van der Waals surface area contributed by atoms with Crippen molar-refractivity contribution in [3.63, 3.8) is 0 Å². The Labute approximate surface area is 119 Å². The number of halogens is 1. The van der Waals surface area contributed by atoms with E-state index in [0.29, 0.717) is 10.8 Å². The van der Waals surface area contributed by atoms with Crippen LogP contribution in [-0.4, -0.2) is 19.6 Å². The Morgan fingerprint density at radius 2 is 1.90 bits per heavy atom. The zero-order valence-corrected chi connectivity index (χ0v) is 11.1. The minimum atomic E-state index is 0.644. The first-order valence-corrected chi connectivity index (χ1v) is 6.55. The van der Waals surface area contributed by atoms with Crippen molar-refractivity contribution in [2.75, 3.05) is 0 Å². The number of fused-ring (bicyclic) bond motifs is 3. The van der Waals surface area contributed by atoms with E-state index in [1.807, 2.05) is 48.5 Å². The molecule has 96 valence electrons. The van der Waals surface area contributed by atoms with E-state index in [2.05, 4.69) is 15.1 Å². The molecule has 20 heavy (non-hydrogen) atoms. The molecule has 0 spiro atoms. The van der Waals surface area contributed by atoms with E-state index >= 15 is 0 Å². The van der Waals surface area contributed by atoms with E-state index in [-0.39, 0.29) is 0 Å². The Kier molecular flexibility index (Phi) is 2.44. The van der Waals surface area contributed by atoms with Gasteiger partial charge in [-0.2, -0.15) is 0 Å². The summed E-state index contributed by atoms with van der Waals surface area (Å²) in [6.07, 6.45) is 1.68. The maximum Gasteiger partial charge on any atom is 0.182 e. The lowest BCUT2D eigenvalue weighted by atomic mass is 10.2. The van der Waals surface area contributed by atoms with E-state index in [1.165, 1.54) is 0 Å². The Morgan fingerprint density at radius 3 is 2.80 bits per heavy atom. The van der Waals surface area contributed by atoms with E-state index in [0.717, 1.165) is 22.1 Å². The molecular formula is C15H9ClN4. The number of benzene rings is 2. The van der Waals surface area contributed by atoms with Crippen LogP contribution in [0.3, 0.4) is 0 Å². The second-order valence-electron chi connectivity index (χ2n) is 4.48. The Bertz CT molecular complexity index is 929. The van der Waals surface area contributed by atoms with E-state index in [4.69, 9.17) is 11.6 Å². The Balaban J connectivity index is 2.01. The van der Waals surface area contributed by atoms with Crippen LogP contribution in [0.4, 0.5) is 0 Å². The van der Waals surface area contributed by atoms with Gasteiger partial charge in [0.2, 0.25) is 0 Å². The van der Waals surface area contributed by atoms with Crippen LogP contribution in [-0.2, 0) is 0 Å². The summed E-state index contributed by atoms with van der Waals surface area (Å²) in [6, 6.07) is 15.4. The smallest absolute Gasteiger partial charge is 0.182 e. The van der Waals surface area contributed by atoms with E-state index in [9.17, 15) is 0 Å². The maximum atomic E-state index is 6.01. The van der Waals surface area contributed by atoms with Gasteiger partial charge in [-0.15, -0.1) is 5.10 Å². The van der Waals surface area contributed by atoms with Crippen molar-refractivity contribution in [1.29, 1.82) is 0 Å². The molecule has 2 aromatic heterocycles. The highest BCUT2D eigenvalue weighted by Crippen LogP contribution is 2.22. The maximum absolute atomic E-state index is 6.01. The molecule has 0 aliphatic heterocycles. The summed E-state index contributed by atoms with van der Waals surface area (Å²) in [5.74, 6) is 0.644. The third kappa shape index (κ3) is 1.73. The van der Waals surface area contributed by atoms with Gasteiger partial charge < -0.3 is 0 Å². The van der Waals surface area contributed by atoms with Crippen LogP contribution < -0.4 is 0 Å². The molecule has 0 saturated heterocycles. The zero-order valence-electron chi connectivity index (χ0n) is 10.4. The van der Waals surface area contributed by atoms with Crippen LogP contribution in [0, 0.1) is 0 Å². The van der Waals surface area contributed by atoms with Crippen LogP contribution in [0.5, 0.6) is 0 Å². The molecule has 0 unspecified atom stereocenters. The normalized spacial score (nSPS) is 11.2. The second-order valence-corrected chi connectivity index (χ2v) is 4.91. The van der Waals surface area contributed by atoms with E-state index in [1.54, 1.807) is 10.8 Å². The highest BCUT2D eigenvalue weighted by Gasteiger charge is 2.09. The average Bonchev–Trinajstić information content (AvgIpc) is 2.92. The molecule has 0 aliphatic carbocycles. The van der Waals surface area contributed by atoms with Gasteiger partial charge in [-0.1, -0.05) is 35.9 Å². The van der Waals surface area contributed by atoms with Gasteiger partial charge in [0.1, 0.15) is 6.33 Å². The minimum Gasteiger partial charge on any atom is -0.236 e. The number of hydrogen-bond donors (Lipinski definition) is 0. The largest absolute Gasteiger partial charge is 0.236 e. The van der Waals surface area contributed by atoms with Crippen LogP contribution in [0.25, 0.3) is 27.9 Å².